The number of rotatable bonds is 3. The molecule has 244 valence electrons. The molecule has 5 aliphatic carbocycles. The molecule has 0 saturated heterocycles. The summed E-state index contributed by atoms with van der Waals surface area (Å²) in [6.07, 6.45) is 8.54. The highest BCUT2D eigenvalue weighted by Crippen LogP contribution is 2.81. The van der Waals surface area contributed by atoms with E-state index in [-0.39, 0.29) is 11.5 Å². The van der Waals surface area contributed by atoms with Gasteiger partial charge in [-0.15, -0.1) is 0 Å². The van der Waals surface area contributed by atoms with E-state index in [1.54, 1.807) is 23.8 Å². The summed E-state index contributed by atoms with van der Waals surface area (Å²) in [5.74, 6) is 0.912. The molecule has 3 nitrogen and oxygen atoms in total. The number of hydrogen-bond acceptors (Lipinski definition) is 3. The second-order valence-electron chi connectivity index (χ2n) is 18.0. The van der Waals surface area contributed by atoms with Crippen molar-refractivity contribution in [2.45, 2.75) is 124 Å². The zero-order valence-electron chi connectivity index (χ0n) is 30.2. The zero-order valence-corrected chi connectivity index (χ0v) is 30.2. The van der Waals surface area contributed by atoms with Gasteiger partial charge in [0.2, 0.25) is 0 Å². The molecule has 1 aliphatic heterocycles. The summed E-state index contributed by atoms with van der Waals surface area (Å²) in [5, 5.41) is 15.1. The minimum atomic E-state index is -1.30. The first-order valence-corrected chi connectivity index (χ1v) is 18.1. The number of nitrogens with zero attached hydrogens (tertiary/aromatic N) is 1. The number of methoxy groups -OCH3 is 1. The van der Waals surface area contributed by atoms with Crippen molar-refractivity contribution >= 4 is 22.1 Å². The zero-order chi connectivity index (χ0) is 32.9. The first-order chi connectivity index (χ1) is 21.5. The van der Waals surface area contributed by atoms with E-state index in [1.807, 2.05) is 0 Å². The Morgan fingerprint density at radius 2 is 1.70 bits per heavy atom. The first kappa shape index (κ1) is 30.8. The molecule has 46 heavy (non-hydrogen) atoms. The molecule has 8 rings (SSSR count). The van der Waals surface area contributed by atoms with Crippen LogP contribution in [0.5, 0.6) is 0 Å². The Morgan fingerprint density at radius 1 is 1.00 bits per heavy atom. The van der Waals surface area contributed by atoms with Crippen LogP contribution in [0.3, 0.4) is 0 Å². The van der Waals surface area contributed by atoms with E-state index >= 15 is 0 Å². The number of fused-ring (bicyclic) bond motifs is 12. The van der Waals surface area contributed by atoms with Crippen molar-refractivity contribution in [2.24, 2.45) is 39.5 Å². The standard InChI is InChI=1S/C43H55NO2/c1-23(2)40(7,8)26-17-19-27-25(20-26)16-18-29-31(27)22-34-35(29)36-32-21-33(39(4,5)6)28-14-12-13-15-30(28)38(32)42(10)41(9,43(42,45)46-11)37(36)24(3)44-34/h12-16,21,23,26,29,34-35,45H,17-20,22H2,1-11H3. The molecular weight excluding hydrogens is 562 g/mol. The summed E-state index contributed by atoms with van der Waals surface area (Å²) in [5.41, 5.74) is 12.0. The molecule has 1 heterocycles. The average molecular weight is 618 g/mol. The van der Waals surface area contributed by atoms with Crippen LogP contribution in [-0.2, 0) is 15.6 Å². The number of allylic oxidation sites excluding steroid dienone is 3. The van der Waals surface area contributed by atoms with E-state index in [9.17, 15) is 5.11 Å². The summed E-state index contributed by atoms with van der Waals surface area (Å²) in [6, 6.07) is 11.7. The van der Waals surface area contributed by atoms with E-state index in [0.29, 0.717) is 23.2 Å². The van der Waals surface area contributed by atoms with Gasteiger partial charge in [-0.05, 0) is 137 Å². The lowest BCUT2D eigenvalue weighted by atomic mass is 9.61. The second-order valence-corrected chi connectivity index (χ2v) is 18.0. The van der Waals surface area contributed by atoms with Crippen molar-refractivity contribution < 1.29 is 9.84 Å². The van der Waals surface area contributed by atoms with E-state index in [0.717, 1.165) is 24.5 Å². The van der Waals surface area contributed by atoms with Crippen molar-refractivity contribution in [2.75, 3.05) is 7.11 Å². The van der Waals surface area contributed by atoms with Gasteiger partial charge in [-0.1, -0.05) is 84.4 Å². The topological polar surface area (TPSA) is 41.8 Å². The summed E-state index contributed by atoms with van der Waals surface area (Å²) < 4.78 is 6.19. The maximum atomic E-state index is 12.5. The monoisotopic (exact) mass is 617 g/mol. The SMILES string of the molecule is COC1(O)C2(C)C3=C(c4cc(C(C)(C)C)c5ccccc5c4C12C)C1C(CC2=C4CCC(C(C)(C)C(C)C)CC4=CCC21)N=C3C. The molecule has 3 fully saturated rings. The Bertz CT molecular complexity index is 1830. The molecule has 0 amide bonds. The first-order valence-electron chi connectivity index (χ1n) is 18.1. The van der Waals surface area contributed by atoms with E-state index in [2.05, 4.69) is 106 Å². The predicted molar refractivity (Wildman–Crippen MR) is 191 cm³/mol. The molecule has 0 aromatic heterocycles. The average Bonchev–Trinajstić information content (AvgIpc) is 3.23. The number of dihydropyridines is 1. The molecular formula is C43H55NO2. The minimum absolute atomic E-state index is 0.0248. The lowest BCUT2D eigenvalue weighted by Crippen LogP contribution is -2.36. The molecule has 0 radical (unpaired) electrons. The molecule has 0 bridgehead atoms. The van der Waals surface area contributed by atoms with Gasteiger partial charge >= 0.3 is 0 Å². The van der Waals surface area contributed by atoms with Crippen LogP contribution in [0.15, 0.2) is 63.7 Å². The molecule has 2 aromatic carbocycles. The summed E-state index contributed by atoms with van der Waals surface area (Å²) in [4.78, 5) is 5.56. The van der Waals surface area contributed by atoms with Crippen LogP contribution in [0.25, 0.3) is 16.3 Å². The molecule has 0 spiro atoms. The second kappa shape index (κ2) is 9.35. The Balaban J connectivity index is 1.34. The number of hydrogen-bond donors (Lipinski definition) is 1. The highest BCUT2D eigenvalue weighted by atomic mass is 16.6. The highest BCUT2D eigenvalue weighted by molar-refractivity contribution is 6.13. The Labute approximate surface area is 277 Å². The fourth-order valence-electron chi connectivity index (χ4n) is 11.5. The van der Waals surface area contributed by atoms with Gasteiger partial charge in [0.15, 0.2) is 5.79 Å². The lowest BCUT2D eigenvalue weighted by molar-refractivity contribution is -0.134. The fourth-order valence-corrected chi connectivity index (χ4v) is 11.5. The van der Waals surface area contributed by atoms with Crippen LogP contribution in [-0.4, -0.2) is 29.8 Å². The largest absolute Gasteiger partial charge is 0.364 e. The van der Waals surface area contributed by atoms with Gasteiger partial charge in [-0.25, -0.2) is 0 Å². The molecule has 2 aromatic rings. The van der Waals surface area contributed by atoms with Crippen LogP contribution in [0.4, 0.5) is 0 Å². The fraction of sp³-hybridized carbons (Fsp3) is 0.605. The van der Waals surface area contributed by atoms with Crippen LogP contribution in [0, 0.1) is 34.5 Å². The number of aliphatic imine (C=N–C) groups is 1. The maximum absolute atomic E-state index is 12.5. The van der Waals surface area contributed by atoms with E-state index in [4.69, 9.17) is 9.73 Å². The van der Waals surface area contributed by atoms with Gasteiger partial charge < -0.3 is 9.84 Å². The van der Waals surface area contributed by atoms with Crippen LogP contribution >= 0.6 is 0 Å². The number of benzene rings is 2. The summed E-state index contributed by atoms with van der Waals surface area (Å²) in [6.45, 7) is 23.5. The Morgan fingerprint density at radius 3 is 2.35 bits per heavy atom. The van der Waals surface area contributed by atoms with Crippen LogP contribution in [0.1, 0.15) is 118 Å². The van der Waals surface area contributed by atoms with Gasteiger partial charge in [0.1, 0.15) is 0 Å². The van der Waals surface area contributed by atoms with Crippen molar-refractivity contribution in [3.05, 3.63) is 75.4 Å². The van der Waals surface area contributed by atoms with E-state index in [1.165, 1.54) is 57.9 Å². The van der Waals surface area contributed by atoms with Crippen molar-refractivity contribution in [3.8, 4) is 0 Å². The van der Waals surface area contributed by atoms with Crippen molar-refractivity contribution in [1.29, 1.82) is 0 Å². The Hall–Kier alpha value is -2.49. The van der Waals surface area contributed by atoms with E-state index < -0.39 is 16.6 Å². The van der Waals surface area contributed by atoms with Gasteiger partial charge in [0.05, 0.1) is 16.9 Å². The van der Waals surface area contributed by atoms with Gasteiger partial charge in [0.25, 0.3) is 0 Å². The smallest absolute Gasteiger partial charge is 0.186 e. The molecule has 3 saturated carbocycles. The van der Waals surface area contributed by atoms with Gasteiger partial charge in [0, 0.05) is 18.7 Å². The Kier molecular flexibility index (Phi) is 6.26. The third-order valence-electron chi connectivity index (χ3n) is 14.9. The normalized spacial score (nSPS) is 36.5. The van der Waals surface area contributed by atoms with Crippen LogP contribution < -0.4 is 0 Å². The van der Waals surface area contributed by atoms with Crippen molar-refractivity contribution in [1.82, 2.24) is 0 Å². The summed E-state index contributed by atoms with van der Waals surface area (Å²) >= 11 is 0. The predicted octanol–water partition coefficient (Wildman–Crippen LogP) is 10.1. The molecule has 7 unspecified atom stereocenters. The van der Waals surface area contributed by atoms with Crippen LogP contribution in [0.2, 0.25) is 0 Å². The minimum Gasteiger partial charge on any atom is -0.364 e. The molecule has 1 N–H and O–H groups in total. The third kappa shape index (κ3) is 3.45. The van der Waals surface area contributed by atoms with Crippen molar-refractivity contribution in [3.63, 3.8) is 0 Å². The lowest BCUT2D eigenvalue weighted by Gasteiger charge is -2.44. The number of ether oxygens (including phenoxy) is 1. The third-order valence-corrected chi connectivity index (χ3v) is 14.9. The maximum Gasteiger partial charge on any atom is 0.186 e. The number of aliphatic hydroxyl groups is 1. The quantitative estimate of drug-likeness (QED) is 0.348. The molecule has 7 atom stereocenters. The highest BCUT2D eigenvalue weighted by Gasteiger charge is 2.88. The van der Waals surface area contributed by atoms with Gasteiger partial charge in [-0.3, -0.25) is 4.99 Å². The molecule has 6 aliphatic rings. The summed E-state index contributed by atoms with van der Waals surface area (Å²) in [7, 11) is 1.70. The molecule has 3 heteroatoms. The van der Waals surface area contributed by atoms with Gasteiger partial charge in [-0.2, -0.15) is 0 Å².